The zero-order chi connectivity index (χ0) is 18.2. The van der Waals surface area contributed by atoms with E-state index in [9.17, 15) is 14.0 Å². The molecule has 0 aliphatic rings. The Morgan fingerprint density at radius 2 is 1.92 bits per heavy atom. The smallest absolute Gasteiger partial charge is 0.341 e. The number of esters is 1. The fraction of sp³-hybridized carbons (Fsp3) is 0.263. The highest BCUT2D eigenvalue weighted by molar-refractivity contribution is 9.10. The fourth-order valence-electron chi connectivity index (χ4n) is 2.39. The fourth-order valence-corrected chi connectivity index (χ4v) is 2.76. The quantitative estimate of drug-likeness (QED) is 0.691. The Balaban J connectivity index is 1.94. The van der Waals surface area contributed by atoms with E-state index in [1.54, 1.807) is 0 Å². The summed E-state index contributed by atoms with van der Waals surface area (Å²) in [6.07, 6.45) is 1.66. The van der Waals surface area contributed by atoms with Crippen molar-refractivity contribution in [3.63, 3.8) is 0 Å². The molecule has 0 saturated heterocycles. The van der Waals surface area contributed by atoms with Gasteiger partial charge in [0.25, 0.3) is 5.91 Å². The number of nitrogens with one attached hydrogen (secondary N) is 1. The summed E-state index contributed by atoms with van der Waals surface area (Å²) in [4.78, 5) is 24.0. The standard InChI is InChI=1S/C19H19BrFNO3/c1-2-6-17(13-7-4-3-5-8-13)22-18(23)12-25-19(24)15-11-14(20)9-10-16(15)21/h3-5,7-11,17H,2,6,12H2,1H3,(H,22,23)/t17-/m1/s1. The molecule has 2 rings (SSSR count). The van der Waals surface area contributed by atoms with Crippen LogP contribution < -0.4 is 5.32 Å². The molecule has 0 aliphatic heterocycles. The summed E-state index contributed by atoms with van der Waals surface area (Å²) < 4.78 is 19.1. The molecule has 0 spiro atoms. The van der Waals surface area contributed by atoms with Gasteiger partial charge >= 0.3 is 5.97 Å². The molecule has 0 saturated carbocycles. The highest BCUT2D eigenvalue weighted by Gasteiger charge is 2.17. The second-order valence-corrected chi connectivity index (χ2v) is 6.44. The van der Waals surface area contributed by atoms with Crippen LogP contribution in [0, 0.1) is 5.82 Å². The van der Waals surface area contributed by atoms with E-state index in [-0.39, 0.29) is 11.6 Å². The largest absolute Gasteiger partial charge is 0.452 e. The van der Waals surface area contributed by atoms with Gasteiger partial charge in [0.1, 0.15) is 5.82 Å². The van der Waals surface area contributed by atoms with Crippen molar-refractivity contribution in [3.8, 4) is 0 Å². The topological polar surface area (TPSA) is 55.4 Å². The summed E-state index contributed by atoms with van der Waals surface area (Å²) in [6, 6.07) is 13.4. The van der Waals surface area contributed by atoms with Gasteiger partial charge in [-0.3, -0.25) is 4.79 Å². The van der Waals surface area contributed by atoms with Crippen molar-refractivity contribution in [2.24, 2.45) is 0 Å². The van der Waals surface area contributed by atoms with E-state index in [1.807, 2.05) is 37.3 Å². The summed E-state index contributed by atoms with van der Waals surface area (Å²) in [7, 11) is 0. The minimum atomic E-state index is -0.874. The zero-order valence-electron chi connectivity index (χ0n) is 13.8. The number of hydrogen-bond donors (Lipinski definition) is 1. The van der Waals surface area contributed by atoms with Gasteiger partial charge in [0.15, 0.2) is 6.61 Å². The van der Waals surface area contributed by atoms with Crippen molar-refractivity contribution in [2.45, 2.75) is 25.8 Å². The predicted molar refractivity (Wildman–Crippen MR) is 96.6 cm³/mol. The van der Waals surface area contributed by atoms with Crippen LogP contribution in [0.5, 0.6) is 0 Å². The van der Waals surface area contributed by atoms with Crippen LogP contribution in [0.2, 0.25) is 0 Å². The third-order valence-electron chi connectivity index (χ3n) is 3.60. The van der Waals surface area contributed by atoms with Crippen molar-refractivity contribution < 1.29 is 18.7 Å². The number of amides is 1. The van der Waals surface area contributed by atoms with Crippen LogP contribution >= 0.6 is 15.9 Å². The summed E-state index contributed by atoms with van der Waals surface area (Å²) >= 11 is 3.17. The molecule has 6 heteroatoms. The lowest BCUT2D eigenvalue weighted by atomic mass is 10.0. The normalized spacial score (nSPS) is 11.6. The van der Waals surface area contributed by atoms with Crippen molar-refractivity contribution in [1.82, 2.24) is 5.32 Å². The van der Waals surface area contributed by atoms with E-state index in [0.29, 0.717) is 4.47 Å². The van der Waals surface area contributed by atoms with Crippen molar-refractivity contribution in [2.75, 3.05) is 6.61 Å². The van der Waals surface area contributed by atoms with Crippen LogP contribution in [0.15, 0.2) is 53.0 Å². The number of carbonyl (C=O) groups is 2. The number of halogens is 2. The number of hydrogen-bond acceptors (Lipinski definition) is 3. The van der Waals surface area contributed by atoms with Crippen LogP contribution in [-0.2, 0) is 9.53 Å². The molecule has 0 fully saturated rings. The highest BCUT2D eigenvalue weighted by Crippen LogP contribution is 2.18. The summed E-state index contributed by atoms with van der Waals surface area (Å²) in [5.41, 5.74) is 0.775. The summed E-state index contributed by atoms with van der Waals surface area (Å²) in [5, 5.41) is 2.85. The van der Waals surface area contributed by atoms with Crippen LogP contribution in [0.3, 0.4) is 0 Å². The van der Waals surface area contributed by atoms with Gasteiger partial charge in [0, 0.05) is 4.47 Å². The molecule has 2 aromatic rings. The lowest BCUT2D eigenvalue weighted by molar-refractivity contribution is -0.125. The second kappa shape index (κ2) is 9.32. The van der Waals surface area contributed by atoms with E-state index in [4.69, 9.17) is 4.74 Å². The van der Waals surface area contributed by atoms with Crippen LogP contribution in [0.25, 0.3) is 0 Å². The van der Waals surface area contributed by atoms with E-state index in [2.05, 4.69) is 21.2 Å². The molecular weight excluding hydrogens is 389 g/mol. The maximum absolute atomic E-state index is 13.7. The first-order chi connectivity index (χ1) is 12.0. The minimum Gasteiger partial charge on any atom is -0.452 e. The van der Waals surface area contributed by atoms with E-state index < -0.39 is 24.3 Å². The predicted octanol–water partition coefficient (Wildman–Crippen LogP) is 4.40. The molecule has 132 valence electrons. The minimum absolute atomic E-state index is 0.153. The molecule has 0 aromatic heterocycles. The Morgan fingerprint density at radius 3 is 2.60 bits per heavy atom. The summed E-state index contributed by atoms with van der Waals surface area (Å²) in [5.74, 6) is -1.99. The number of carbonyl (C=O) groups excluding carboxylic acids is 2. The molecule has 1 atom stereocenters. The average molecular weight is 408 g/mol. The monoisotopic (exact) mass is 407 g/mol. The molecule has 25 heavy (non-hydrogen) atoms. The SMILES string of the molecule is CCC[C@@H](NC(=O)COC(=O)c1cc(Br)ccc1F)c1ccccc1. The Kier molecular flexibility index (Phi) is 7.13. The maximum Gasteiger partial charge on any atom is 0.341 e. The van der Waals surface area contributed by atoms with Gasteiger partial charge < -0.3 is 10.1 Å². The molecule has 0 aliphatic carbocycles. The van der Waals surface area contributed by atoms with Gasteiger partial charge in [-0.25, -0.2) is 9.18 Å². The first kappa shape index (κ1) is 19.1. The maximum atomic E-state index is 13.7. The number of benzene rings is 2. The van der Waals surface area contributed by atoms with E-state index in [0.717, 1.165) is 24.5 Å². The Hall–Kier alpha value is -2.21. The molecule has 1 amide bonds. The molecule has 0 heterocycles. The first-order valence-electron chi connectivity index (χ1n) is 7.97. The van der Waals surface area contributed by atoms with Gasteiger partial charge in [0.05, 0.1) is 11.6 Å². The lowest BCUT2D eigenvalue weighted by Gasteiger charge is -2.18. The molecular formula is C19H19BrFNO3. The molecule has 0 radical (unpaired) electrons. The molecule has 4 nitrogen and oxygen atoms in total. The Bertz CT molecular complexity index is 737. The van der Waals surface area contributed by atoms with Gasteiger partial charge in [-0.1, -0.05) is 59.6 Å². The molecule has 2 aromatic carbocycles. The molecule has 0 unspecified atom stereocenters. The van der Waals surface area contributed by atoms with Crippen molar-refractivity contribution in [3.05, 3.63) is 69.9 Å². The van der Waals surface area contributed by atoms with Crippen molar-refractivity contribution in [1.29, 1.82) is 0 Å². The molecule has 0 bridgehead atoms. The van der Waals surface area contributed by atoms with Crippen molar-refractivity contribution >= 4 is 27.8 Å². The second-order valence-electron chi connectivity index (χ2n) is 5.52. The van der Waals surface area contributed by atoms with Gasteiger partial charge in [0.2, 0.25) is 0 Å². The van der Waals surface area contributed by atoms with Gasteiger partial charge in [-0.05, 0) is 30.2 Å². The molecule has 1 N–H and O–H groups in total. The number of ether oxygens (including phenoxy) is 1. The third-order valence-corrected chi connectivity index (χ3v) is 4.09. The number of rotatable bonds is 7. The van der Waals surface area contributed by atoms with Crippen LogP contribution in [-0.4, -0.2) is 18.5 Å². The lowest BCUT2D eigenvalue weighted by Crippen LogP contribution is -2.32. The highest BCUT2D eigenvalue weighted by atomic mass is 79.9. The van der Waals surface area contributed by atoms with E-state index >= 15 is 0 Å². The van der Waals surface area contributed by atoms with Crippen LogP contribution in [0.1, 0.15) is 41.7 Å². The van der Waals surface area contributed by atoms with Gasteiger partial charge in [-0.15, -0.1) is 0 Å². The third kappa shape index (κ3) is 5.67. The first-order valence-corrected chi connectivity index (χ1v) is 8.77. The Labute approximate surface area is 154 Å². The van der Waals surface area contributed by atoms with Crippen LogP contribution in [0.4, 0.5) is 4.39 Å². The average Bonchev–Trinajstić information content (AvgIpc) is 2.62. The van der Waals surface area contributed by atoms with Gasteiger partial charge in [-0.2, -0.15) is 0 Å². The summed E-state index contributed by atoms with van der Waals surface area (Å²) in [6.45, 7) is 1.57. The zero-order valence-corrected chi connectivity index (χ0v) is 15.4. The Morgan fingerprint density at radius 1 is 1.20 bits per heavy atom. The van der Waals surface area contributed by atoms with E-state index in [1.165, 1.54) is 12.1 Å².